The number of fused-ring (bicyclic) bond motifs is 1. The predicted molar refractivity (Wildman–Crippen MR) is 129 cm³/mol. The van der Waals surface area contributed by atoms with E-state index in [1.165, 1.54) is 18.5 Å². The van der Waals surface area contributed by atoms with Crippen molar-refractivity contribution in [1.82, 2.24) is 24.6 Å². The van der Waals surface area contributed by atoms with Crippen LogP contribution in [0.5, 0.6) is 11.8 Å². The summed E-state index contributed by atoms with van der Waals surface area (Å²) >= 11 is 0. The number of benzene rings is 2. The van der Waals surface area contributed by atoms with Gasteiger partial charge in [0.1, 0.15) is 5.75 Å². The van der Waals surface area contributed by atoms with Gasteiger partial charge in [-0.25, -0.2) is 24.3 Å². The number of hydrogen-bond donors (Lipinski definition) is 2. The van der Waals surface area contributed by atoms with Gasteiger partial charge in [-0.1, -0.05) is 18.2 Å². The van der Waals surface area contributed by atoms with Crippen molar-refractivity contribution in [1.29, 1.82) is 0 Å². The Morgan fingerprint density at radius 2 is 1.73 bits per heavy atom. The maximum atomic E-state index is 13.0. The van der Waals surface area contributed by atoms with E-state index in [0.717, 1.165) is 28.9 Å². The van der Waals surface area contributed by atoms with Crippen LogP contribution >= 0.6 is 0 Å². The highest BCUT2D eigenvalue weighted by Crippen LogP contribution is 2.32. The van der Waals surface area contributed by atoms with E-state index in [9.17, 15) is 18.0 Å². The van der Waals surface area contributed by atoms with Crippen LogP contribution in [-0.2, 0) is 6.18 Å². The summed E-state index contributed by atoms with van der Waals surface area (Å²) in [5, 5.41) is 9.16. The first-order valence-corrected chi connectivity index (χ1v) is 10.9. The van der Waals surface area contributed by atoms with Crippen LogP contribution in [0.4, 0.5) is 29.3 Å². The molecule has 186 valence electrons. The Bertz CT molecular complexity index is 1570. The zero-order chi connectivity index (χ0) is 26.0. The molecule has 0 atom stereocenters. The van der Waals surface area contributed by atoms with E-state index in [1.54, 1.807) is 42.0 Å². The molecule has 2 aromatic carbocycles. The van der Waals surface area contributed by atoms with Crippen molar-refractivity contribution in [3.05, 3.63) is 90.6 Å². The number of anilines is 2. The molecule has 0 aliphatic carbocycles. The summed E-state index contributed by atoms with van der Waals surface area (Å²) in [7, 11) is 0. The number of nitrogens with zero attached hydrogens (tertiary/aromatic N) is 5. The molecule has 0 aliphatic rings. The summed E-state index contributed by atoms with van der Waals surface area (Å²) in [6, 6.07) is 11.4. The second-order valence-electron chi connectivity index (χ2n) is 7.93. The fraction of sp³-hybridized carbons (Fsp3) is 0.0800. The van der Waals surface area contributed by atoms with Crippen LogP contribution in [0.15, 0.2) is 79.5 Å². The molecule has 2 amide bonds. The third-order valence-electron chi connectivity index (χ3n) is 5.35. The molecule has 9 nitrogen and oxygen atoms in total. The molecule has 37 heavy (non-hydrogen) atoms. The van der Waals surface area contributed by atoms with E-state index in [-0.39, 0.29) is 17.4 Å². The summed E-state index contributed by atoms with van der Waals surface area (Å²) in [4.78, 5) is 24.8. The van der Waals surface area contributed by atoms with E-state index < -0.39 is 17.8 Å². The molecule has 5 aromatic rings. The Morgan fingerprint density at radius 1 is 0.973 bits per heavy atom. The Hall–Kier alpha value is -5.00. The van der Waals surface area contributed by atoms with E-state index >= 15 is 0 Å². The maximum Gasteiger partial charge on any atom is 0.416 e. The molecular weight excluding hydrogens is 487 g/mol. The Labute approximate surface area is 208 Å². The lowest BCUT2D eigenvalue weighted by atomic mass is 10.1. The van der Waals surface area contributed by atoms with Crippen molar-refractivity contribution in [2.24, 2.45) is 0 Å². The van der Waals surface area contributed by atoms with Crippen LogP contribution in [0.25, 0.3) is 16.8 Å². The molecule has 0 fully saturated rings. The van der Waals surface area contributed by atoms with Crippen LogP contribution in [0, 0.1) is 6.92 Å². The van der Waals surface area contributed by atoms with E-state index in [4.69, 9.17) is 4.74 Å². The van der Waals surface area contributed by atoms with Crippen LogP contribution in [-0.4, -0.2) is 30.6 Å². The molecular formula is C25H18F3N7O2. The second kappa shape index (κ2) is 9.57. The first-order valence-electron chi connectivity index (χ1n) is 10.9. The SMILES string of the molecule is Cc1ccc(C(F)(F)F)cc1NC(=O)Nc1cnc(Oc2ccc(-c3cnn4cccnc34)cc2)nc1. The summed E-state index contributed by atoms with van der Waals surface area (Å²) < 4.78 is 46.2. The van der Waals surface area contributed by atoms with Crippen molar-refractivity contribution in [3.8, 4) is 22.9 Å². The fourth-order valence-electron chi connectivity index (χ4n) is 3.49. The number of rotatable bonds is 5. The molecule has 0 spiro atoms. The molecule has 0 radical (unpaired) electrons. The van der Waals surface area contributed by atoms with E-state index in [2.05, 4.69) is 30.7 Å². The number of aromatic nitrogens is 5. The van der Waals surface area contributed by atoms with Crippen molar-refractivity contribution in [3.63, 3.8) is 0 Å². The normalized spacial score (nSPS) is 11.4. The number of alkyl halides is 3. The highest BCUT2D eigenvalue weighted by atomic mass is 19.4. The van der Waals surface area contributed by atoms with Crippen molar-refractivity contribution < 1.29 is 22.7 Å². The average molecular weight is 505 g/mol. The molecule has 0 aliphatic heterocycles. The fourth-order valence-corrected chi connectivity index (χ4v) is 3.49. The van der Waals surface area contributed by atoms with Gasteiger partial charge >= 0.3 is 18.2 Å². The summed E-state index contributed by atoms with van der Waals surface area (Å²) in [6.45, 7) is 1.59. The smallest absolute Gasteiger partial charge is 0.416 e. The number of nitrogens with one attached hydrogen (secondary N) is 2. The molecule has 12 heteroatoms. The van der Waals surface area contributed by atoms with Gasteiger partial charge < -0.3 is 15.4 Å². The van der Waals surface area contributed by atoms with E-state index in [0.29, 0.717) is 11.3 Å². The van der Waals surface area contributed by atoms with Gasteiger partial charge in [-0.15, -0.1) is 0 Å². The minimum Gasteiger partial charge on any atom is -0.424 e. The number of carbonyl (C=O) groups is 1. The van der Waals surface area contributed by atoms with Crippen LogP contribution in [0.2, 0.25) is 0 Å². The van der Waals surface area contributed by atoms with Crippen LogP contribution in [0.1, 0.15) is 11.1 Å². The third kappa shape index (κ3) is 5.32. The topological polar surface area (TPSA) is 106 Å². The first kappa shape index (κ1) is 23.7. The number of amides is 2. The maximum absolute atomic E-state index is 13.0. The van der Waals surface area contributed by atoms with Gasteiger partial charge in [0.15, 0.2) is 5.65 Å². The molecule has 0 bridgehead atoms. The third-order valence-corrected chi connectivity index (χ3v) is 5.35. The molecule has 0 unspecified atom stereocenters. The summed E-state index contributed by atoms with van der Waals surface area (Å²) in [5.41, 5.74) is 2.39. The summed E-state index contributed by atoms with van der Waals surface area (Å²) in [5.74, 6) is 0.492. The largest absolute Gasteiger partial charge is 0.424 e. The second-order valence-corrected chi connectivity index (χ2v) is 7.93. The molecule has 3 heterocycles. The number of hydrogen-bond acceptors (Lipinski definition) is 6. The summed E-state index contributed by atoms with van der Waals surface area (Å²) in [6.07, 6.45) is 3.37. The van der Waals surface area contributed by atoms with Crippen LogP contribution in [0.3, 0.4) is 0 Å². The zero-order valence-electron chi connectivity index (χ0n) is 19.2. The molecule has 0 saturated heterocycles. The standard InChI is InChI=1S/C25H18F3N7O2/c1-15-3-6-17(25(26,27)28)11-21(15)34-23(36)33-18-12-30-24(31-13-18)37-19-7-4-16(5-8-19)20-14-32-35-10-2-9-29-22(20)35/h2-14H,1H3,(H2,33,34,36). The number of carbonyl (C=O) groups excluding carboxylic acids is 1. The molecule has 3 aromatic heterocycles. The Kier molecular flexibility index (Phi) is 6.14. The number of ether oxygens (including phenoxy) is 1. The first-order chi connectivity index (χ1) is 17.8. The number of aryl methyl sites for hydroxylation is 1. The number of halogens is 3. The number of urea groups is 1. The monoisotopic (exact) mass is 505 g/mol. The minimum absolute atomic E-state index is 0.0385. The lowest BCUT2D eigenvalue weighted by molar-refractivity contribution is -0.137. The molecule has 0 saturated carbocycles. The zero-order valence-corrected chi connectivity index (χ0v) is 19.2. The molecule has 5 rings (SSSR count). The van der Waals surface area contributed by atoms with Gasteiger partial charge in [0.05, 0.1) is 29.8 Å². The van der Waals surface area contributed by atoms with Crippen molar-refractivity contribution in [2.45, 2.75) is 13.1 Å². The lowest BCUT2D eigenvalue weighted by Gasteiger charge is -2.13. The quantitative estimate of drug-likeness (QED) is 0.306. The highest BCUT2D eigenvalue weighted by molar-refractivity contribution is 6.00. The molecule has 2 N–H and O–H groups in total. The predicted octanol–water partition coefficient (Wildman–Crippen LogP) is 5.95. The van der Waals surface area contributed by atoms with Crippen molar-refractivity contribution >= 4 is 23.1 Å². The Morgan fingerprint density at radius 3 is 2.46 bits per heavy atom. The lowest BCUT2D eigenvalue weighted by Crippen LogP contribution is -2.20. The van der Waals surface area contributed by atoms with Gasteiger partial charge in [-0.05, 0) is 48.4 Å². The van der Waals surface area contributed by atoms with Gasteiger partial charge in [-0.3, -0.25) is 0 Å². The van der Waals surface area contributed by atoms with Crippen LogP contribution < -0.4 is 15.4 Å². The highest BCUT2D eigenvalue weighted by Gasteiger charge is 2.31. The van der Waals surface area contributed by atoms with E-state index in [1.807, 2.05) is 18.3 Å². The van der Waals surface area contributed by atoms with Gasteiger partial charge in [0.25, 0.3) is 0 Å². The van der Waals surface area contributed by atoms with Gasteiger partial charge in [0, 0.05) is 23.6 Å². The van der Waals surface area contributed by atoms with Crippen molar-refractivity contribution in [2.75, 3.05) is 10.6 Å². The average Bonchev–Trinajstić information content (AvgIpc) is 3.31. The van der Waals surface area contributed by atoms with Gasteiger partial charge in [-0.2, -0.15) is 18.3 Å². The van der Waals surface area contributed by atoms with Gasteiger partial charge in [0.2, 0.25) is 0 Å². The minimum atomic E-state index is -4.52. The Balaban J connectivity index is 1.21.